The molecule has 63 heavy (non-hydrogen) atoms. The summed E-state index contributed by atoms with van der Waals surface area (Å²) in [5.41, 5.74) is 17.1. The second-order valence-electron chi connectivity index (χ2n) is 17.4. The predicted molar refractivity (Wildman–Crippen MR) is 256 cm³/mol. The Morgan fingerprint density at radius 3 is 1.54 bits per heavy atom. The van der Waals surface area contributed by atoms with Crippen molar-refractivity contribution in [1.82, 2.24) is 19.1 Å². The molecule has 0 spiro atoms. The predicted octanol–water partition coefficient (Wildman–Crippen LogP) is 15.0. The smallest absolute Gasteiger partial charge is 0.227 e. The Labute approximate surface area is 360 Å². The van der Waals surface area contributed by atoms with E-state index in [-0.39, 0.29) is 5.41 Å². The molecule has 13 aromatic rings. The largest absolute Gasteiger partial charge is 0.436 e. The molecule has 296 valence electrons. The minimum Gasteiger partial charge on any atom is -0.436 e. The van der Waals surface area contributed by atoms with E-state index in [2.05, 4.69) is 156 Å². The SMILES string of the molecule is CC1(C)c2cc(-n3c4ccccc4c4cc(-c5nc6ccccc6o5)ccc43)ccc2-c2c1cc(-n1c3ccccc3c3cc(-c4nc5ccccc5o4)ccc31)c1ccccc21. The van der Waals surface area contributed by atoms with Crippen LogP contribution in [0.15, 0.2) is 191 Å². The molecule has 4 heterocycles. The average molecular weight is 809 g/mol. The van der Waals surface area contributed by atoms with Crippen LogP contribution >= 0.6 is 0 Å². The maximum atomic E-state index is 6.25. The van der Waals surface area contributed by atoms with E-state index in [0.717, 1.165) is 71.9 Å². The third-order valence-corrected chi connectivity index (χ3v) is 13.6. The van der Waals surface area contributed by atoms with Gasteiger partial charge in [-0.25, -0.2) is 9.97 Å². The standard InChI is InChI=1S/C57H36N4O2/c1-57(2)43-31-35(60-47-19-9-5-14-37(47)41-29-33(23-27-49(41)60)55-58-45-17-7-11-21-52(45)62-55)25-26-40(43)54-39-16-4-3-13-36(39)51(32-44(54)57)61-48-20-10-6-15-38(48)42-30-34(24-28-50(42)61)56-59-46-18-8-12-22-53(46)63-56/h3-32H,1-2H3. The van der Waals surface area contributed by atoms with Crippen LogP contribution in [-0.4, -0.2) is 19.1 Å². The fraction of sp³-hybridized carbons (Fsp3) is 0.0526. The summed E-state index contributed by atoms with van der Waals surface area (Å²) in [6.07, 6.45) is 0. The zero-order valence-corrected chi connectivity index (χ0v) is 34.4. The molecule has 6 heteroatoms. The van der Waals surface area contributed by atoms with Crippen LogP contribution < -0.4 is 0 Å². The highest BCUT2D eigenvalue weighted by molar-refractivity contribution is 6.14. The van der Waals surface area contributed by atoms with Crippen LogP contribution in [0.3, 0.4) is 0 Å². The van der Waals surface area contributed by atoms with E-state index in [9.17, 15) is 0 Å². The van der Waals surface area contributed by atoms with Gasteiger partial charge in [0.05, 0.1) is 27.8 Å². The zero-order chi connectivity index (χ0) is 41.6. The molecule has 0 fully saturated rings. The summed E-state index contributed by atoms with van der Waals surface area (Å²) in [5.74, 6) is 1.26. The molecule has 1 aliphatic rings. The summed E-state index contributed by atoms with van der Waals surface area (Å²) in [7, 11) is 0. The number of hydrogen-bond donors (Lipinski definition) is 0. The summed E-state index contributed by atoms with van der Waals surface area (Å²) < 4.78 is 17.3. The Kier molecular flexibility index (Phi) is 6.81. The highest BCUT2D eigenvalue weighted by Gasteiger charge is 2.38. The maximum Gasteiger partial charge on any atom is 0.227 e. The van der Waals surface area contributed by atoms with E-state index in [4.69, 9.17) is 18.8 Å². The number of aromatic nitrogens is 4. The Hall–Kier alpha value is -8.22. The molecule has 0 unspecified atom stereocenters. The number of benzene rings is 9. The van der Waals surface area contributed by atoms with Crippen LogP contribution in [0.5, 0.6) is 0 Å². The lowest BCUT2D eigenvalue weighted by Gasteiger charge is -2.24. The fourth-order valence-electron chi connectivity index (χ4n) is 10.6. The zero-order valence-electron chi connectivity index (χ0n) is 34.4. The first kappa shape index (κ1) is 34.5. The lowest BCUT2D eigenvalue weighted by atomic mass is 9.81. The van der Waals surface area contributed by atoms with Crippen molar-refractivity contribution in [3.8, 4) is 45.4 Å². The molecule has 1 aliphatic carbocycles. The molecule has 0 amide bonds. The number of hydrogen-bond acceptors (Lipinski definition) is 4. The van der Waals surface area contributed by atoms with Gasteiger partial charge in [0.25, 0.3) is 0 Å². The highest BCUT2D eigenvalue weighted by atomic mass is 16.4. The third kappa shape index (κ3) is 4.77. The van der Waals surface area contributed by atoms with Crippen molar-refractivity contribution in [3.63, 3.8) is 0 Å². The minimum absolute atomic E-state index is 0.294. The number of oxazole rings is 2. The lowest BCUT2D eigenvalue weighted by molar-refractivity contribution is 0.619. The summed E-state index contributed by atoms with van der Waals surface area (Å²) in [5, 5.41) is 7.17. The van der Waals surface area contributed by atoms with Gasteiger partial charge in [0, 0.05) is 49.2 Å². The van der Waals surface area contributed by atoms with Gasteiger partial charge in [-0.3, -0.25) is 0 Å². The van der Waals surface area contributed by atoms with Gasteiger partial charge in [0.1, 0.15) is 11.0 Å². The monoisotopic (exact) mass is 808 g/mol. The third-order valence-electron chi connectivity index (χ3n) is 13.6. The van der Waals surface area contributed by atoms with E-state index in [1.807, 2.05) is 48.5 Å². The summed E-state index contributed by atoms with van der Waals surface area (Å²) in [4.78, 5) is 9.67. The van der Waals surface area contributed by atoms with Gasteiger partial charge in [-0.05, 0) is 119 Å². The van der Waals surface area contributed by atoms with Crippen molar-refractivity contribution < 1.29 is 8.83 Å². The minimum atomic E-state index is -0.294. The van der Waals surface area contributed by atoms with Crippen molar-refractivity contribution in [2.24, 2.45) is 0 Å². The first-order valence-electron chi connectivity index (χ1n) is 21.5. The quantitative estimate of drug-likeness (QED) is 0.178. The van der Waals surface area contributed by atoms with Crippen molar-refractivity contribution in [2.45, 2.75) is 19.3 Å². The summed E-state index contributed by atoms with van der Waals surface area (Å²) in [6, 6.07) is 65.0. The Morgan fingerprint density at radius 2 is 0.921 bits per heavy atom. The molecule has 0 atom stereocenters. The van der Waals surface area contributed by atoms with Crippen molar-refractivity contribution in [1.29, 1.82) is 0 Å². The van der Waals surface area contributed by atoms with Gasteiger partial charge in [-0.2, -0.15) is 0 Å². The maximum absolute atomic E-state index is 6.25. The van der Waals surface area contributed by atoms with Gasteiger partial charge in [0.15, 0.2) is 11.2 Å². The molecule has 9 aromatic carbocycles. The number of nitrogens with zero attached hydrogens (tertiary/aromatic N) is 4. The topological polar surface area (TPSA) is 61.9 Å². The van der Waals surface area contributed by atoms with Crippen molar-refractivity contribution in [2.75, 3.05) is 0 Å². The van der Waals surface area contributed by atoms with E-state index in [0.29, 0.717) is 11.8 Å². The summed E-state index contributed by atoms with van der Waals surface area (Å²) in [6.45, 7) is 4.77. The van der Waals surface area contributed by atoms with Gasteiger partial charge < -0.3 is 18.0 Å². The lowest BCUT2D eigenvalue weighted by Crippen LogP contribution is -2.16. The Morgan fingerprint density at radius 1 is 0.413 bits per heavy atom. The van der Waals surface area contributed by atoms with Crippen LogP contribution in [-0.2, 0) is 5.41 Å². The van der Waals surface area contributed by atoms with Crippen LogP contribution in [0.25, 0.3) is 122 Å². The van der Waals surface area contributed by atoms with E-state index >= 15 is 0 Å². The fourth-order valence-corrected chi connectivity index (χ4v) is 10.6. The van der Waals surface area contributed by atoms with Crippen molar-refractivity contribution in [3.05, 3.63) is 193 Å². The van der Waals surface area contributed by atoms with E-state index < -0.39 is 0 Å². The highest BCUT2D eigenvalue weighted by Crippen LogP contribution is 2.54. The molecule has 0 bridgehead atoms. The van der Waals surface area contributed by atoms with Gasteiger partial charge in [-0.15, -0.1) is 0 Å². The molecule has 0 N–H and O–H groups in total. The number of fused-ring (bicyclic) bond motifs is 13. The van der Waals surface area contributed by atoms with Gasteiger partial charge in [0.2, 0.25) is 11.8 Å². The molecular weight excluding hydrogens is 773 g/mol. The van der Waals surface area contributed by atoms with Gasteiger partial charge in [-0.1, -0.05) is 105 Å². The van der Waals surface area contributed by atoms with Crippen LogP contribution in [0.2, 0.25) is 0 Å². The normalized spacial score (nSPS) is 13.4. The van der Waals surface area contributed by atoms with E-state index in [1.165, 1.54) is 49.5 Å². The summed E-state index contributed by atoms with van der Waals surface area (Å²) >= 11 is 0. The van der Waals surface area contributed by atoms with Gasteiger partial charge >= 0.3 is 0 Å². The number of rotatable bonds is 4. The number of para-hydroxylation sites is 6. The molecule has 4 aromatic heterocycles. The first-order chi connectivity index (χ1) is 31.0. The first-order valence-corrected chi connectivity index (χ1v) is 21.5. The molecule has 0 aliphatic heterocycles. The second kappa shape index (κ2) is 12.4. The molecule has 0 radical (unpaired) electrons. The van der Waals surface area contributed by atoms with Crippen LogP contribution in [0, 0.1) is 0 Å². The molecule has 6 nitrogen and oxygen atoms in total. The van der Waals surface area contributed by atoms with E-state index in [1.54, 1.807) is 0 Å². The Bertz CT molecular complexity index is 4020. The molecule has 0 saturated carbocycles. The molecular formula is C57H36N4O2. The second-order valence-corrected chi connectivity index (χ2v) is 17.4. The molecule has 14 rings (SSSR count). The van der Waals surface area contributed by atoms with Crippen LogP contribution in [0.1, 0.15) is 25.0 Å². The van der Waals surface area contributed by atoms with Crippen LogP contribution in [0.4, 0.5) is 0 Å². The average Bonchev–Trinajstić information content (AvgIpc) is 4.14. The Balaban J connectivity index is 0.939. The molecule has 0 saturated heterocycles. The van der Waals surface area contributed by atoms with Crippen molar-refractivity contribution >= 4 is 76.6 Å².